The summed E-state index contributed by atoms with van der Waals surface area (Å²) < 4.78 is 5.51. The summed E-state index contributed by atoms with van der Waals surface area (Å²) in [5.74, 6) is -0.194. The molecule has 27 heavy (non-hydrogen) atoms. The Hall–Kier alpha value is -2.73. The highest BCUT2D eigenvalue weighted by molar-refractivity contribution is 7.80. The fourth-order valence-corrected chi connectivity index (χ4v) is 3.04. The number of carbonyl (C=O) groups excluding carboxylic acids is 1. The molecular formula is C21H23N3O2S. The molecule has 0 saturated carbocycles. The van der Waals surface area contributed by atoms with E-state index in [1.807, 2.05) is 12.1 Å². The van der Waals surface area contributed by atoms with Gasteiger partial charge in [-0.2, -0.15) is 0 Å². The number of rotatable bonds is 7. The molecule has 140 valence electrons. The smallest absolute Gasteiger partial charge is 0.293 e. The Morgan fingerprint density at radius 1 is 1.15 bits per heavy atom. The number of hydrogen-bond acceptors (Lipinski definition) is 4. The van der Waals surface area contributed by atoms with E-state index in [1.165, 1.54) is 31.2 Å². The van der Waals surface area contributed by atoms with Crippen molar-refractivity contribution in [2.75, 3.05) is 5.32 Å². The quantitative estimate of drug-likeness (QED) is 0.441. The average Bonchev–Trinajstić information content (AvgIpc) is 3.11. The monoisotopic (exact) mass is 381 g/mol. The SMILES string of the molecule is CCCCCCc1ccc(NC(=S)NC(=O)c2cc3cnccc3o2)cc1. The second kappa shape index (κ2) is 9.28. The maximum Gasteiger partial charge on any atom is 0.293 e. The van der Waals surface area contributed by atoms with Crippen molar-refractivity contribution in [3.05, 3.63) is 60.1 Å². The van der Waals surface area contributed by atoms with Crippen LogP contribution < -0.4 is 10.6 Å². The van der Waals surface area contributed by atoms with E-state index in [-0.39, 0.29) is 10.9 Å². The average molecular weight is 382 g/mol. The first-order valence-electron chi connectivity index (χ1n) is 9.20. The minimum absolute atomic E-state index is 0.199. The fourth-order valence-electron chi connectivity index (χ4n) is 2.83. The molecule has 1 amide bonds. The van der Waals surface area contributed by atoms with E-state index in [2.05, 4.69) is 34.7 Å². The number of hydrogen-bond donors (Lipinski definition) is 2. The molecule has 2 heterocycles. The van der Waals surface area contributed by atoms with Crippen LogP contribution >= 0.6 is 12.2 Å². The van der Waals surface area contributed by atoms with Gasteiger partial charge in [0.15, 0.2) is 10.9 Å². The Bertz CT molecular complexity index is 886. The lowest BCUT2D eigenvalue weighted by molar-refractivity contribution is 0.0953. The molecule has 0 aliphatic carbocycles. The molecule has 0 aliphatic rings. The molecule has 2 aromatic heterocycles. The Balaban J connectivity index is 1.51. The van der Waals surface area contributed by atoms with Crippen molar-refractivity contribution < 1.29 is 9.21 Å². The van der Waals surface area contributed by atoms with Gasteiger partial charge in [0.2, 0.25) is 0 Å². The molecule has 0 atom stereocenters. The minimum atomic E-state index is -0.392. The van der Waals surface area contributed by atoms with Gasteiger partial charge in [-0.25, -0.2) is 0 Å². The summed E-state index contributed by atoms with van der Waals surface area (Å²) in [6.45, 7) is 2.22. The van der Waals surface area contributed by atoms with Crippen molar-refractivity contribution in [2.24, 2.45) is 0 Å². The molecule has 0 saturated heterocycles. The zero-order valence-electron chi connectivity index (χ0n) is 15.3. The van der Waals surface area contributed by atoms with Gasteiger partial charge in [0.1, 0.15) is 5.58 Å². The Morgan fingerprint density at radius 3 is 2.70 bits per heavy atom. The van der Waals surface area contributed by atoms with Crippen molar-refractivity contribution >= 4 is 39.9 Å². The lowest BCUT2D eigenvalue weighted by Gasteiger charge is -2.09. The summed E-state index contributed by atoms with van der Waals surface area (Å²) in [5, 5.41) is 6.67. The largest absolute Gasteiger partial charge is 0.451 e. The van der Waals surface area contributed by atoms with Gasteiger partial charge < -0.3 is 9.73 Å². The number of nitrogens with zero attached hydrogens (tertiary/aromatic N) is 1. The number of anilines is 1. The second-order valence-electron chi connectivity index (χ2n) is 6.44. The molecule has 5 nitrogen and oxygen atoms in total. The van der Waals surface area contributed by atoms with Crippen LogP contribution in [0, 0.1) is 0 Å². The van der Waals surface area contributed by atoms with Crippen LogP contribution in [0.2, 0.25) is 0 Å². The number of aromatic nitrogens is 1. The summed E-state index contributed by atoms with van der Waals surface area (Å²) >= 11 is 5.23. The molecule has 0 fully saturated rings. The van der Waals surface area contributed by atoms with Gasteiger partial charge in [0.05, 0.1) is 0 Å². The molecule has 2 N–H and O–H groups in total. The van der Waals surface area contributed by atoms with Crippen molar-refractivity contribution in [3.63, 3.8) is 0 Å². The van der Waals surface area contributed by atoms with Crippen LogP contribution in [0.15, 0.2) is 53.2 Å². The van der Waals surface area contributed by atoms with Gasteiger partial charge in [0.25, 0.3) is 5.91 Å². The zero-order valence-corrected chi connectivity index (χ0v) is 16.1. The maximum atomic E-state index is 12.3. The third-order valence-corrected chi connectivity index (χ3v) is 4.50. The number of unbranched alkanes of at least 4 members (excludes halogenated alkanes) is 3. The van der Waals surface area contributed by atoms with Gasteiger partial charge in [-0.15, -0.1) is 0 Å². The highest BCUT2D eigenvalue weighted by Gasteiger charge is 2.13. The van der Waals surface area contributed by atoms with Gasteiger partial charge in [-0.05, 0) is 54.9 Å². The number of aryl methyl sites for hydroxylation is 1. The van der Waals surface area contributed by atoms with E-state index in [0.29, 0.717) is 5.58 Å². The first-order chi connectivity index (χ1) is 13.2. The van der Waals surface area contributed by atoms with Gasteiger partial charge >= 0.3 is 0 Å². The van der Waals surface area contributed by atoms with Crippen LogP contribution in [-0.4, -0.2) is 16.0 Å². The Morgan fingerprint density at radius 2 is 1.96 bits per heavy atom. The van der Waals surface area contributed by atoms with Gasteiger partial charge in [0, 0.05) is 23.5 Å². The number of thiocarbonyl (C=S) groups is 1. The number of amides is 1. The minimum Gasteiger partial charge on any atom is -0.451 e. The van der Waals surface area contributed by atoms with Crippen molar-refractivity contribution in [1.82, 2.24) is 10.3 Å². The molecule has 3 rings (SSSR count). The van der Waals surface area contributed by atoms with Crippen LogP contribution in [0.1, 0.15) is 48.7 Å². The molecule has 1 aromatic carbocycles. The van der Waals surface area contributed by atoms with Gasteiger partial charge in [-0.1, -0.05) is 38.3 Å². The van der Waals surface area contributed by atoms with E-state index >= 15 is 0 Å². The van der Waals surface area contributed by atoms with Crippen LogP contribution in [0.3, 0.4) is 0 Å². The second-order valence-corrected chi connectivity index (χ2v) is 6.85. The summed E-state index contributed by atoms with van der Waals surface area (Å²) in [6, 6.07) is 11.5. The summed E-state index contributed by atoms with van der Waals surface area (Å²) in [7, 11) is 0. The van der Waals surface area contributed by atoms with Crippen molar-refractivity contribution in [3.8, 4) is 0 Å². The number of pyridine rings is 1. The van der Waals surface area contributed by atoms with E-state index in [4.69, 9.17) is 16.6 Å². The van der Waals surface area contributed by atoms with E-state index in [0.717, 1.165) is 17.5 Å². The van der Waals surface area contributed by atoms with Crippen LogP contribution in [0.4, 0.5) is 5.69 Å². The summed E-state index contributed by atoms with van der Waals surface area (Å²) in [6.07, 6.45) is 9.37. The molecule has 0 aliphatic heterocycles. The lowest BCUT2D eigenvalue weighted by atomic mass is 10.1. The Labute approximate surface area is 164 Å². The van der Waals surface area contributed by atoms with Crippen LogP contribution in [-0.2, 0) is 6.42 Å². The first-order valence-corrected chi connectivity index (χ1v) is 9.61. The van der Waals surface area contributed by atoms with Crippen molar-refractivity contribution in [2.45, 2.75) is 39.0 Å². The summed E-state index contributed by atoms with van der Waals surface area (Å²) in [4.78, 5) is 16.3. The fraction of sp³-hybridized carbons (Fsp3) is 0.286. The third kappa shape index (κ3) is 5.37. The highest BCUT2D eigenvalue weighted by Crippen LogP contribution is 2.18. The van der Waals surface area contributed by atoms with E-state index in [1.54, 1.807) is 24.5 Å². The normalized spacial score (nSPS) is 10.7. The predicted molar refractivity (Wildman–Crippen MR) is 112 cm³/mol. The third-order valence-electron chi connectivity index (χ3n) is 4.30. The van der Waals surface area contributed by atoms with E-state index < -0.39 is 5.91 Å². The topological polar surface area (TPSA) is 67.2 Å². The molecule has 6 heteroatoms. The number of benzene rings is 1. The Kier molecular flexibility index (Phi) is 6.54. The van der Waals surface area contributed by atoms with E-state index in [9.17, 15) is 4.79 Å². The van der Waals surface area contributed by atoms with Gasteiger partial charge in [-0.3, -0.25) is 15.1 Å². The number of carbonyl (C=O) groups is 1. The number of nitrogens with one attached hydrogen (secondary N) is 2. The first kappa shape index (κ1) is 19.0. The standard InChI is InChI=1S/C21H23N3O2S/c1-2-3-4-5-6-15-7-9-17(10-8-15)23-21(27)24-20(25)19-13-16-14-22-12-11-18(16)26-19/h7-14H,2-6H2,1H3,(H2,23,24,25,27). The molecule has 0 radical (unpaired) electrons. The number of furan rings is 1. The molecule has 0 unspecified atom stereocenters. The lowest BCUT2D eigenvalue weighted by Crippen LogP contribution is -2.33. The molecule has 0 spiro atoms. The summed E-state index contributed by atoms with van der Waals surface area (Å²) in [5.41, 5.74) is 2.76. The molecule has 0 bridgehead atoms. The maximum absolute atomic E-state index is 12.3. The number of fused-ring (bicyclic) bond motifs is 1. The predicted octanol–water partition coefficient (Wildman–Crippen LogP) is 5.08. The zero-order chi connectivity index (χ0) is 19.1. The highest BCUT2D eigenvalue weighted by atomic mass is 32.1. The van der Waals surface area contributed by atoms with Crippen LogP contribution in [0.25, 0.3) is 11.0 Å². The molecular weight excluding hydrogens is 358 g/mol. The van der Waals surface area contributed by atoms with Crippen molar-refractivity contribution in [1.29, 1.82) is 0 Å². The van der Waals surface area contributed by atoms with Crippen LogP contribution in [0.5, 0.6) is 0 Å². The molecule has 3 aromatic rings.